The first kappa shape index (κ1) is 16.8. The van der Waals surface area contributed by atoms with Crippen molar-refractivity contribution in [2.24, 2.45) is 0 Å². The molecule has 0 fully saturated rings. The Morgan fingerprint density at radius 3 is 2.32 bits per heavy atom. The number of ether oxygens (including phenoxy) is 1. The Balaban J connectivity index is 2.21. The van der Waals surface area contributed by atoms with Crippen LogP contribution in [0.3, 0.4) is 0 Å². The third-order valence-corrected chi connectivity index (χ3v) is 3.72. The third kappa shape index (κ3) is 3.55. The molecule has 1 heterocycles. The molecular formula is C20H17FN2O2. The van der Waals surface area contributed by atoms with Crippen molar-refractivity contribution >= 4 is 5.97 Å². The van der Waals surface area contributed by atoms with Gasteiger partial charge in [-0.25, -0.2) is 19.2 Å². The van der Waals surface area contributed by atoms with Gasteiger partial charge >= 0.3 is 5.97 Å². The number of aryl methyl sites for hydroxylation is 1. The summed E-state index contributed by atoms with van der Waals surface area (Å²) in [5, 5.41) is 0. The molecule has 1 aromatic heterocycles. The zero-order valence-corrected chi connectivity index (χ0v) is 14.0. The molecule has 3 aromatic rings. The molecule has 0 unspecified atom stereocenters. The van der Waals surface area contributed by atoms with Crippen molar-refractivity contribution in [1.29, 1.82) is 0 Å². The highest BCUT2D eigenvalue weighted by Gasteiger charge is 2.21. The molecule has 25 heavy (non-hydrogen) atoms. The van der Waals surface area contributed by atoms with E-state index in [4.69, 9.17) is 4.74 Å². The molecule has 4 nitrogen and oxygen atoms in total. The van der Waals surface area contributed by atoms with E-state index in [-0.39, 0.29) is 12.4 Å². The molecule has 0 spiro atoms. The zero-order valence-electron chi connectivity index (χ0n) is 14.0. The van der Waals surface area contributed by atoms with E-state index in [9.17, 15) is 9.18 Å². The summed E-state index contributed by atoms with van der Waals surface area (Å²) in [7, 11) is 0. The van der Waals surface area contributed by atoms with Crippen LogP contribution in [0, 0.1) is 12.7 Å². The number of nitrogens with zero attached hydrogens (tertiary/aromatic N) is 2. The second-order valence-electron chi connectivity index (χ2n) is 5.45. The van der Waals surface area contributed by atoms with Crippen LogP contribution >= 0.6 is 0 Å². The second-order valence-corrected chi connectivity index (χ2v) is 5.45. The molecule has 3 rings (SSSR count). The molecular weight excluding hydrogens is 319 g/mol. The van der Waals surface area contributed by atoms with Crippen LogP contribution in [0.5, 0.6) is 0 Å². The largest absolute Gasteiger partial charge is 0.462 e. The summed E-state index contributed by atoms with van der Waals surface area (Å²) < 4.78 is 18.4. The van der Waals surface area contributed by atoms with E-state index in [1.54, 1.807) is 26.0 Å². The number of carbonyl (C=O) groups is 1. The minimum Gasteiger partial charge on any atom is -0.462 e. The standard InChI is InChI=1S/C20H17FN2O2/c1-3-25-20(24)17-13(2)22-19(15-7-5-4-6-8-15)23-18(17)14-9-11-16(21)12-10-14/h4-12H,3H2,1-2H3. The van der Waals surface area contributed by atoms with Gasteiger partial charge in [0.15, 0.2) is 5.82 Å². The Bertz CT molecular complexity index is 894. The van der Waals surface area contributed by atoms with Gasteiger partial charge < -0.3 is 4.74 Å². The van der Waals surface area contributed by atoms with Gasteiger partial charge in [-0.05, 0) is 38.1 Å². The minimum absolute atomic E-state index is 0.252. The normalized spacial score (nSPS) is 10.5. The molecule has 126 valence electrons. The quantitative estimate of drug-likeness (QED) is 0.661. The maximum atomic E-state index is 13.3. The molecule has 0 aliphatic rings. The van der Waals surface area contributed by atoms with Crippen LogP contribution < -0.4 is 0 Å². The Kier molecular flexibility index (Phi) is 4.84. The van der Waals surface area contributed by atoms with Crippen LogP contribution in [-0.2, 0) is 4.74 Å². The first-order valence-electron chi connectivity index (χ1n) is 7.97. The van der Waals surface area contributed by atoms with Gasteiger partial charge in [-0.1, -0.05) is 30.3 Å². The van der Waals surface area contributed by atoms with E-state index in [1.165, 1.54) is 12.1 Å². The number of hydrogen-bond acceptors (Lipinski definition) is 4. The van der Waals surface area contributed by atoms with E-state index >= 15 is 0 Å². The van der Waals surface area contributed by atoms with Gasteiger partial charge in [0.1, 0.15) is 11.4 Å². The summed E-state index contributed by atoms with van der Waals surface area (Å²) in [4.78, 5) is 21.4. The predicted octanol–water partition coefficient (Wildman–Crippen LogP) is 4.43. The van der Waals surface area contributed by atoms with Crippen LogP contribution in [0.25, 0.3) is 22.6 Å². The number of aromatic nitrogens is 2. The van der Waals surface area contributed by atoms with Crippen molar-refractivity contribution in [2.45, 2.75) is 13.8 Å². The monoisotopic (exact) mass is 336 g/mol. The summed E-state index contributed by atoms with van der Waals surface area (Å²) in [6.45, 7) is 3.74. The summed E-state index contributed by atoms with van der Waals surface area (Å²) in [5.74, 6) is -0.333. The number of hydrogen-bond donors (Lipinski definition) is 0. The van der Waals surface area contributed by atoms with Crippen LogP contribution in [0.15, 0.2) is 54.6 Å². The SMILES string of the molecule is CCOC(=O)c1c(C)nc(-c2ccccc2)nc1-c1ccc(F)cc1. The van der Waals surface area contributed by atoms with E-state index in [1.807, 2.05) is 30.3 Å². The van der Waals surface area contributed by atoms with Gasteiger partial charge in [0, 0.05) is 11.1 Å². The van der Waals surface area contributed by atoms with Crippen molar-refractivity contribution in [2.75, 3.05) is 6.61 Å². The Morgan fingerprint density at radius 1 is 1.00 bits per heavy atom. The van der Waals surface area contributed by atoms with E-state index in [0.717, 1.165) is 5.56 Å². The average molecular weight is 336 g/mol. The minimum atomic E-state index is -0.487. The number of esters is 1. The highest BCUT2D eigenvalue weighted by molar-refractivity contribution is 5.97. The van der Waals surface area contributed by atoms with E-state index in [0.29, 0.717) is 28.3 Å². The topological polar surface area (TPSA) is 52.1 Å². The predicted molar refractivity (Wildman–Crippen MR) is 93.6 cm³/mol. The molecule has 0 atom stereocenters. The van der Waals surface area contributed by atoms with E-state index in [2.05, 4.69) is 9.97 Å². The van der Waals surface area contributed by atoms with Crippen LogP contribution in [0.1, 0.15) is 23.0 Å². The lowest BCUT2D eigenvalue weighted by Crippen LogP contribution is -2.12. The van der Waals surface area contributed by atoms with Crippen molar-refractivity contribution in [3.8, 4) is 22.6 Å². The van der Waals surface area contributed by atoms with Gasteiger partial charge in [-0.15, -0.1) is 0 Å². The van der Waals surface area contributed by atoms with E-state index < -0.39 is 5.97 Å². The molecule has 2 aromatic carbocycles. The molecule has 0 N–H and O–H groups in total. The van der Waals surface area contributed by atoms with Crippen LogP contribution in [-0.4, -0.2) is 22.5 Å². The zero-order chi connectivity index (χ0) is 17.8. The van der Waals surface area contributed by atoms with Crippen molar-refractivity contribution in [3.63, 3.8) is 0 Å². The van der Waals surface area contributed by atoms with Gasteiger partial charge in [-0.3, -0.25) is 0 Å². The fourth-order valence-electron chi connectivity index (χ4n) is 2.55. The third-order valence-electron chi connectivity index (χ3n) is 3.72. The van der Waals surface area contributed by atoms with Crippen LogP contribution in [0.4, 0.5) is 4.39 Å². The lowest BCUT2D eigenvalue weighted by Gasteiger charge is -2.13. The Hall–Kier alpha value is -3.08. The number of halogens is 1. The van der Waals surface area contributed by atoms with Gasteiger partial charge in [0.25, 0.3) is 0 Å². The summed E-state index contributed by atoms with van der Waals surface area (Å²) >= 11 is 0. The Labute approximate surface area is 145 Å². The Morgan fingerprint density at radius 2 is 1.68 bits per heavy atom. The molecule has 0 aliphatic heterocycles. The highest BCUT2D eigenvalue weighted by Crippen LogP contribution is 2.27. The number of rotatable bonds is 4. The fraction of sp³-hybridized carbons (Fsp3) is 0.150. The average Bonchev–Trinajstić information content (AvgIpc) is 2.62. The summed E-state index contributed by atoms with van der Waals surface area (Å²) in [5.41, 5.74) is 2.72. The molecule has 0 saturated heterocycles. The number of carbonyl (C=O) groups excluding carboxylic acids is 1. The fourth-order valence-corrected chi connectivity index (χ4v) is 2.55. The number of benzene rings is 2. The maximum absolute atomic E-state index is 13.3. The first-order valence-corrected chi connectivity index (χ1v) is 7.97. The highest BCUT2D eigenvalue weighted by atomic mass is 19.1. The lowest BCUT2D eigenvalue weighted by atomic mass is 10.0. The molecule has 0 bridgehead atoms. The summed E-state index contributed by atoms with van der Waals surface area (Å²) in [6, 6.07) is 15.3. The molecule has 0 radical (unpaired) electrons. The first-order chi connectivity index (χ1) is 12.1. The van der Waals surface area contributed by atoms with Crippen molar-refractivity contribution in [1.82, 2.24) is 9.97 Å². The molecule has 0 amide bonds. The smallest absolute Gasteiger partial charge is 0.342 e. The lowest BCUT2D eigenvalue weighted by molar-refractivity contribution is 0.0525. The molecule has 5 heteroatoms. The molecule has 0 aliphatic carbocycles. The van der Waals surface area contributed by atoms with Crippen LogP contribution in [0.2, 0.25) is 0 Å². The maximum Gasteiger partial charge on any atom is 0.342 e. The van der Waals surface area contributed by atoms with Gasteiger partial charge in [0.05, 0.1) is 18.0 Å². The van der Waals surface area contributed by atoms with Gasteiger partial charge in [-0.2, -0.15) is 0 Å². The van der Waals surface area contributed by atoms with Gasteiger partial charge in [0.2, 0.25) is 0 Å². The summed E-state index contributed by atoms with van der Waals surface area (Å²) in [6.07, 6.45) is 0. The second kappa shape index (κ2) is 7.21. The molecule has 0 saturated carbocycles. The van der Waals surface area contributed by atoms with Crippen molar-refractivity contribution in [3.05, 3.63) is 71.7 Å². The van der Waals surface area contributed by atoms with Crippen molar-refractivity contribution < 1.29 is 13.9 Å².